The van der Waals surface area contributed by atoms with E-state index in [0.29, 0.717) is 11.3 Å². The molecule has 0 saturated heterocycles. The highest BCUT2D eigenvalue weighted by molar-refractivity contribution is 6.22. The largest absolute Gasteiger partial charge is 0.508 e. The molecule has 1 saturated carbocycles. The molecule has 5 rings (SSSR count). The second-order valence-corrected chi connectivity index (χ2v) is 10.6. The molecular weight excluding hydrogens is 528 g/mol. The van der Waals surface area contributed by atoms with E-state index in [1.54, 1.807) is 25.1 Å². The summed E-state index contributed by atoms with van der Waals surface area (Å²) in [5.41, 5.74) is 2.75. The molecule has 0 bridgehead atoms. The molecule has 3 aliphatic carbocycles. The predicted octanol–water partition coefficient (Wildman–Crippen LogP) is 2.38. The maximum Gasteiger partial charge on any atom is 0.255 e. The first-order valence-corrected chi connectivity index (χ1v) is 12.5. The van der Waals surface area contributed by atoms with Crippen molar-refractivity contribution in [2.75, 3.05) is 24.3 Å². The lowest BCUT2D eigenvalue weighted by Gasteiger charge is -2.46. The predicted molar refractivity (Wildman–Crippen MR) is 139 cm³/mol. The maximum absolute atomic E-state index is 13.7. The summed E-state index contributed by atoms with van der Waals surface area (Å²) < 4.78 is 27.3. The van der Waals surface area contributed by atoms with Crippen molar-refractivity contribution < 1.29 is 43.6 Å². The second kappa shape index (κ2) is 9.33. The summed E-state index contributed by atoms with van der Waals surface area (Å²) in [5, 5.41) is 47.6. The van der Waals surface area contributed by atoms with Gasteiger partial charge in [-0.3, -0.25) is 14.4 Å². The summed E-state index contributed by atoms with van der Waals surface area (Å²) in [6.07, 6.45) is -0.246. The van der Waals surface area contributed by atoms with Gasteiger partial charge in [0.05, 0.1) is 11.3 Å². The summed E-state index contributed by atoms with van der Waals surface area (Å²) in [4.78, 5) is 39.7. The van der Waals surface area contributed by atoms with Crippen molar-refractivity contribution >= 4 is 34.6 Å². The first-order chi connectivity index (χ1) is 18.7. The van der Waals surface area contributed by atoms with Gasteiger partial charge in [0.1, 0.15) is 34.5 Å². The fourth-order valence-corrected chi connectivity index (χ4v) is 6.11. The highest BCUT2D eigenvalue weighted by Crippen LogP contribution is 2.54. The molecule has 12 heteroatoms. The third-order valence-corrected chi connectivity index (χ3v) is 7.93. The van der Waals surface area contributed by atoms with Crippen LogP contribution in [0.2, 0.25) is 0 Å². The first-order valence-electron chi connectivity index (χ1n) is 12.5. The van der Waals surface area contributed by atoms with Gasteiger partial charge in [-0.1, -0.05) is 0 Å². The van der Waals surface area contributed by atoms with E-state index in [4.69, 9.17) is 5.73 Å². The number of hydrogen-bond acceptors (Lipinski definition) is 9. The van der Waals surface area contributed by atoms with E-state index in [1.807, 2.05) is 0 Å². The van der Waals surface area contributed by atoms with Gasteiger partial charge in [-0.05, 0) is 48.1 Å². The average molecular weight is 556 g/mol. The van der Waals surface area contributed by atoms with E-state index in [-0.39, 0.29) is 41.8 Å². The normalized spacial score (nSPS) is 23.9. The summed E-state index contributed by atoms with van der Waals surface area (Å²) in [6.45, 7) is -0.0865. The van der Waals surface area contributed by atoms with Gasteiger partial charge in [0, 0.05) is 50.3 Å². The van der Waals surface area contributed by atoms with Crippen LogP contribution in [0.4, 0.5) is 20.2 Å². The molecule has 0 heterocycles. The third-order valence-electron chi connectivity index (χ3n) is 7.93. The number of aliphatic hydroxyl groups is 3. The topological polar surface area (TPSA) is 173 Å². The van der Waals surface area contributed by atoms with Crippen molar-refractivity contribution in [2.24, 2.45) is 17.6 Å². The molecule has 0 aliphatic heterocycles. The van der Waals surface area contributed by atoms with Crippen LogP contribution >= 0.6 is 0 Å². The molecule has 3 unspecified atom stereocenters. The summed E-state index contributed by atoms with van der Waals surface area (Å²) >= 11 is 0. The number of carbonyl (C=O) groups excluding carboxylic acids is 3. The third kappa shape index (κ3) is 3.98. The van der Waals surface area contributed by atoms with E-state index < -0.39 is 75.8 Å². The summed E-state index contributed by atoms with van der Waals surface area (Å²) in [6, 6.07) is 4.57. The molecule has 0 aromatic heterocycles. The highest BCUT2D eigenvalue weighted by Gasteiger charge is 2.60. The number of halogens is 2. The second-order valence-electron chi connectivity index (χ2n) is 10.6. The van der Waals surface area contributed by atoms with E-state index in [0.717, 1.165) is 18.2 Å². The van der Waals surface area contributed by atoms with Gasteiger partial charge in [-0.25, -0.2) is 8.78 Å². The molecule has 2 aromatic rings. The molecule has 0 spiro atoms. The fraction of sp³-hybridized carbons (Fsp3) is 0.321. The Morgan fingerprint density at radius 1 is 1.10 bits per heavy atom. The van der Waals surface area contributed by atoms with Crippen molar-refractivity contribution in [1.29, 1.82) is 0 Å². The van der Waals surface area contributed by atoms with Gasteiger partial charge < -0.3 is 36.4 Å². The molecule has 7 N–H and O–H groups in total. The number of ketones is 2. The zero-order valence-electron chi connectivity index (χ0n) is 21.6. The number of primary amides is 1. The molecule has 1 amide bonds. The number of hydrogen-bond donors (Lipinski definition) is 6. The Bertz CT molecular complexity index is 1550. The lowest BCUT2D eigenvalue weighted by Crippen LogP contribution is -2.58. The molecule has 10 nitrogen and oxygen atoms in total. The molecule has 0 radical (unpaired) electrons. The molecule has 1 fully saturated rings. The Morgan fingerprint density at radius 3 is 2.35 bits per heavy atom. The number of aliphatic hydroxyl groups excluding tert-OH is 2. The number of nitrogens with zero attached hydrogens (tertiary/aromatic N) is 1. The minimum atomic E-state index is -2.66. The van der Waals surface area contributed by atoms with Crippen LogP contribution < -0.4 is 16.0 Å². The Kier molecular flexibility index (Phi) is 6.33. The summed E-state index contributed by atoms with van der Waals surface area (Å²) in [7, 11) is 3.46. The Labute approximate surface area is 227 Å². The van der Waals surface area contributed by atoms with Crippen LogP contribution in [0.3, 0.4) is 0 Å². The molecule has 3 atom stereocenters. The maximum atomic E-state index is 13.7. The average Bonchev–Trinajstić information content (AvgIpc) is 2.84. The van der Waals surface area contributed by atoms with E-state index >= 15 is 0 Å². The van der Waals surface area contributed by atoms with Crippen LogP contribution in [-0.4, -0.2) is 57.6 Å². The number of Topliss-reactive ketones (excluding diaryl/α,β-unsaturated/α-hetero) is 2. The van der Waals surface area contributed by atoms with Gasteiger partial charge in [-0.15, -0.1) is 0 Å². The lowest BCUT2D eigenvalue weighted by atomic mass is 9.59. The smallest absolute Gasteiger partial charge is 0.255 e. The number of phenolic OH excluding ortho intramolecular Hbond substituents is 1. The van der Waals surface area contributed by atoms with Crippen LogP contribution in [0, 0.1) is 23.5 Å². The van der Waals surface area contributed by atoms with Crippen molar-refractivity contribution in [3.05, 3.63) is 69.5 Å². The standard InChI is InChI=1S/C28H27F2N3O7/c1-33(2)18-9-17(32-10-11-3-14(29)8-15(30)4-11)23(35)21-16(18)6-12-5-13-7-19(34)22(27(31)39)26(38)28(13,40)25(37)20(12)24(21)36/h3-4,8-9,12-13,32,35-36,38,40H,5-7,10H2,1-2H3,(H2,31,39). The number of nitrogens with one attached hydrogen (secondary N) is 1. The number of aromatic hydroxyl groups is 1. The van der Waals surface area contributed by atoms with Crippen LogP contribution in [-0.2, 0) is 27.3 Å². The SMILES string of the molecule is CN(C)c1cc(NCc2cc(F)cc(F)c2)c(O)c2c1CC1CC3CC(=O)C(C(N)=O)=C(O)C3(O)C(=O)C1=C2O. The molecule has 3 aliphatic rings. The van der Waals surface area contributed by atoms with Gasteiger partial charge >= 0.3 is 0 Å². The van der Waals surface area contributed by atoms with Gasteiger partial charge in [0.15, 0.2) is 11.4 Å². The Morgan fingerprint density at radius 2 is 1.75 bits per heavy atom. The minimum Gasteiger partial charge on any atom is -0.508 e. The van der Waals surface area contributed by atoms with Crippen LogP contribution in [0.15, 0.2) is 41.2 Å². The first kappa shape index (κ1) is 27.1. The number of carbonyl (C=O) groups is 3. The van der Waals surface area contributed by atoms with Crippen LogP contribution in [0.1, 0.15) is 29.5 Å². The number of benzene rings is 2. The van der Waals surface area contributed by atoms with Gasteiger partial charge in [0.2, 0.25) is 5.78 Å². The minimum absolute atomic E-state index is 0.0156. The molecule has 210 valence electrons. The number of nitrogens with two attached hydrogens (primary N) is 1. The van der Waals surface area contributed by atoms with E-state index in [9.17, 15) is 43.6 Å². The Balaban J connectivity index is 1.63. The number of anilines is 2. The molecule has 2 aromatic carbocycles. The Hall–Kier alpha value is -4.45. The van der Waals surface area contributed by atoms with Crippen LogP contribution in [0.25, 0.3) is 5.76 Å². The van der Waals surface area contributed by atoms with Crippen LogP contribution in [0.5, 0.6) is 5.75 Å². The van der Waals surface area contributed by atoms with Crippen molar-refractivity contribution in [3.63, 3.8) is 0 Å². The van der Waals surface area contributed by atoms with Gasteiger partial charge in [-0.2, -0.15) is 0 Å². The molecular formula is C28H27F2N3O7. The number of fused-ring (bicyclic) bond motifs is 3. The summed E-state index contributed by atoms with van der Waals surface area (Å²) in [5.74, 6) is -8.69. The van der Waals surface area contributed by atoms with E-state index in [1.165, 1.54) is 0 Å². The zero-order chi connectivity index (χ0) is 29.3. The zero-order valence-corrected chi connectivity index (χ0v) is 21.6. The highest BCUT2D eigenvalue weighted by atomic mass is 19.1. The number of phenols is 1. The fourth-order valence-electron chi connectivity index (χ4n) is 6.11. The number of amides is 1. The lowest BCUT2D eigenvalue weighted by molar-refractivity contribution is -0.147. The van der Waals surface area contributed by atoms with Gasteiger partial charge in [0.25, 0.3) is 5.91 Å². The quantitative estimate of drug-likeness (QED) is 0.239. The number of rotatable bonds is 5. The van der Waals surface area contributed by atoms with E-state index in [2.05, 4.69) is 5.32 Å². The van der Waals surface area contributed by atoms with Crippen molar-refractivity contribution in [2.45, 2.75) is 31.4 Å². The van der Waals surface area contributed by atoms with Crippen molar-refractivity contribution in [3.8, 4) is 5.75 Å². The molecule has 40 heavy (non-hydrogen) atoms. The van der Waals surface area contributed by atoms with Crippen molar-refractivity contribution in [1.82, 2.24) is 0 Å². The monoisotopic (exact) mass is 555 g/mol.